The maximum Gasteiger partial charge on any atom is 0.437 e. The van der Waals surface area contributed by atoms with Gasteiger partial charge in [0.25, 0.3) is 0 Å². The molecule has 0 radical (unpaired) electrons. The summed E-state index contributed by atoms with van der Waals surface area (Å²) in [5.74, 6) is -1.36. The summed E-state index contributed by atoms with van der Waals surface area (Å²) in [7, 11) is 0. The van der Waals surface area contributed by atoms with Crippen molar-refractivity contribution in [3.8, 4) is 17.5 Å². The molecule has 1 amide bonds. The highest BCUT2D eigenvalue weighted by molar-refractivity contribution is 5.90. The molecule has 0 spiro atoms. The molecule has 8 heteroatoms. The number of aromatic nitrogens is 2. The number of nitrogens with one attached hydrogen (secondary N) is 1. The van der Waals surface area contributed by atoms with E-state index in [1.165, 1.54) is 24.3 Å². The molecule has 0 bridgehead atoms. The first-order chi connectivity index (χ1) is 12.5. The minimum atomic E-state index is -0.699. The van der Waals surface area contributed by atoms with Gasteiger partial charge in [0.15, 0.2) is 0 Å². The first kappa shape index (κ1) is 17.1. The number of amides is 1. The number of anilines is 1. The third kappa shape index (κ3) is 4.02. The molecule has 3 rings (SSSR count). The van der Waals surface area contributed by atoms with Crippen LogP contribution >= 0.6 is 0 Å². The van der Waals surface area contributed by atoms with E-state index in [1.807, 2.05) is 6.07 Å². The molecule has 0 aliphatic heterocycles. The van der Waals surface area contributed by atoms with Gasteiger partial charge in [-0.15, -0.1) is 5.10 Å². The van der Waals surface area contributed by atoms with Crippen LogP contribution in [0, 0.1) is 17.1 Å². The third-order valence-electron chi connectivity index (χ3n) is 3.55. The molecule has 1 N–H and O–H groups in total. The third-order valence-corrected chi connectivity index (χ3v) is 3.55. The Balaban J connectivity index is 1.62. The number of carbonyl (C=O) groups is 1. The maximum absolute atomic E-state index is 12.9. The summed E-state index contributed by atoms with van der Waals surface area (Å²) in [6, 6.07) is 13.8. The van der Waals surface area contributed by atoms with Crippen molar-refractivity contribution in [2.45, 2.75) is 13.0 Å². The zero-order valence-electron chi connectivity index (χ0n) is 13.5. The fourth-order valence-electron chi connectivity index (χ4n) is 2.22. The Labute approximate surface area is 147 Å². The smallest absolute Gasteiger partial charge is 0.388 e. The van der Waals surface area contributed by atoms with Crippen LogP contribution < -0.4 is 11.1 Å². The van der Waals surface area contributed by atoms with Gasteiger partial charge >= 0.3 is 5.76 Å². The average Bonchev–Trinajstić information content (AvgIpc) is 3.02. The van der Waals surface area contributed by atoms with Crippen LogP contribution in [-0.2, 0) is 11.3 Å². The van der Waals surface area contributed by atoms with Crippen molar-refractivity contribution in [3.05, 3.63) is 70.5 Å². The molecule has 0 fully saturated rings. The van der Waals surface area contributed by atoms with Gasteiger partial charge in [-0.3, -0.25) is 4.79 Å². The molecule has 0 saturated heterocycles. The van der Waals surface area contributed by atoms with Gasteiger partial charge in [-0.2, -0.15) is 9.94 Å². The molecule has 130 valence electrons. The Hall–Kier alpha value is -3.73. The summed E-state index contributed by atoms with van der Waals surface area (Å²) in [5, 5.41) is 15.4. The second kappa shape index (κ2) is 7.44. The molecule has 1 aromatic heterocycles. The van der Waals surface area contributed by atoms with Gasteiger partial charge < -0.3 is 9.73 Å². The minimum absolute atomic E-state index is 0.00923. The predicted octanol–water partition coefficient (Wildman–Crippen LogP) is 2.54. The van der Waals surface area contributed by atoms with Crippen LogP contribution in [0.15, 0.2) is 57.7 Å². The summed E-state index contributed by atoms with van der Waals surface area (Å²) in [4.78, 5) is 23.8. The Morgan fingerprint density at radius 3 is 2.54 bits per heavy atom. The van der Waals surface area contributed by atoms with Gasteiger partial charge in [0.05, 0.1) is 18.2 Å². The van der Waals surface area contributed by atoms with Crippen molar-refractivity contribution >= 4 is 11.6 Å². The fourth-order valence-corrected chi connectivity index (χ4v) is 2.22. The quantitative estimate of drug-likeness (QED) is 0.760. The summed E-state index contributed by atoms with van der Waals surface area (Å²) < 4.78 is 19.0. The number of benzene rings is 2. The lowest BCUT2D eigenvalue weighted by molar-refractivity contribution is -0.116. The van der Waals surface area contributed by atoms with Crippen molar-refractivity contribution in [1.29, 1.82) is 5.26 Å². The van der Waals surface area contributed by atoms with Gasteiger partial charge in [0.2, 0.25) is 11.8 Å². The van der Waals surface area contributed by atoms with Crippen LogP contribution in [0.25, 0.3) is 11.5 Å². The van der Waals surface area contributed by atoms with Crippen molar-refractivity contribution < 1.29 is 13.6 Å². The first-order valence-electron chi connectivity index (χ1n) is 7.69. The number of hydrogen-bond acceptors (Lipinski definition) is 5. The Morgan fingerprint density at radius 2 is 1.88 bits per heavy atom. The Kier molecular flexibility index (Phi) is 4.90. The highest BCUT2D eigenvalue weighted by Gasteiger charge is 2.12. The van der Waals surface area contributed by atoms with Crippen molar-refractivity contribution in [2.24, 2.45) is 0 Å². The average molecular weight is 352 g/mol. The zero-order valence-corrected chi connectivity index (χ0v) is 13.5. The van der Waals surface area contributed by atoms with Crippen LogP contribution in [0.3, 0.4) is 0 Å². The first-order valence-corrected chi connectivity index (χ1v) is 7.69. The number of nitrogens with zero attached hydrogens (tertiary/aromatic N) is 3. The van der Waals surface area contributed by atoms with E-state index in [-0.39, 0.29) is 24.8 Å². The molecule has 0 unspecified atom stereocenters. The van der Waals surface area contributed by atoms with Crippen LogP contribution in [0.1, 0.15) is 12.0 Å². The normalized spacial score (nSPS) is 10.3. The largest absolute Gasteiger partial charge is 0.437 e. The maximum atomic E-state index is 12.9. The van der Waals surface area contributed by atoms with E-state index in [9.17, 15) is 14.0 Å². The molecule has 26 heavy (non-hydrogen) atoms. The summed E-state index contributed by atoms with van der Waals surface area (Å²) in [6.07, 6.45) is 0.00923. The lowest BCUT2D eigenvalue weighted by Gasteiger charge is -2.04. The lowest BCUT2D eigenvalue weighted by Crippen LogP contribution is -2.20. The number of carbonyl (C=O) groups excluding carboxylic acids is 1. The van der Waals surface area contributed by atoms with Crippen LogP contribution in [0.2, 0.25) is 0 Å². The Morgan fingerprint density at radius 1 is 1.19 bits per heavy atom. The van der Waals surface area contributed by atoms with E-state index in [2.05, 4.69) is 10.4 Å². The van der Waals surface area contributed by atoms with Gasteiger partial charge in [-0.25, -0.2) is 9.18 Å². The van der Waals surface area contributed by atoms with Crippen LogP contribution in [-0.4, -0.2) is 15.7 Å². The van der Waals surface area contributed by atoms with E-state index >= 15 is 0 Å². The lowest BCUT2D eigenvalue weighted by atomic mass is 10.2. The van der Waals surface area contributed by atoms with E-state index in [0.717, 1.165) is 4.68 Å². The molecular formula is C18H13FN4O3. The summed E-state index contributed by atoms with van der Waals surface area (Å²) in [5.41, 5.74) is 1.50. The van der Waals surface area contributed by atoms with Gasteiger partial charge in [0, 0.05) is 17.7 Å². The standard InChI is InChI=1S/C18H13FN4O3/c19-14-5-3-13(4-6-14)17-22-23(18(25)26-17)10-9-16(24)21-15-7-1-12(11-20)2-8-15/h1-8H,9-10H2,(H,21,24). The van der Waals surface area contributed by atoms with Gasteiger partial charge in [0.1, 0.15) is 5.82 Å². The topological polar surface area (TPSA) is 101 Å². The molecule has 3 aromatic rings. The molecule has 0 aliphatic carbocycles. The van der Waals surface area contributed by atoms with Crippen molar-refractivity contribution in [2.75, 3.05) is 5.32 Å². The predicted molar refractivity (Wildman–Crippen MR) is 90.6 cm³/mol. The fraction of sp³-hybridized carbons (Fsp3) is 0.111. The summed E-state index contributed by atoms with van der Waals surface area (Å²) in [6.45, 7) is 0.0334. The van der Waals surface area contributed by atoms with E-state index in [1.54, 1.807) is 24.3 Å². The highest BCUT2D eigenvalue weighted by Crippen LogP contribution is 2.15. The van der Waals surface area contributed by atoms with Crippen LogP contribution in [0.4, 0.5) is 10.1 Å². The second-order valence-corrected chi connectivity index (χ2v) is 5.39. The molecule has 2 aromatic carbocycles. The molecule has 0 aliphatic rings. The zero-order chi connectivity index (χ0) is 18.5. The number of aryl methyl sites for hydroxylation is 1. The molecular weight excluding hydrogens is 339 g/mol. The van der Waals surface area contributed by atoms with Crippen molar-refractivity contribution in [3.63, 3.8) is 0 Å². The Bertz CT molecular complexity index is 1010. The van der Waals surface area contributed by atoms with Gasteiger partial charge in [-0.05, 0) is 48.5 Å². The molecule has 0 saturated carbocycles. The second-order valence-electron chi connectivity index (χ2n) is 5.39. The number of rotatable bonds is 5. The monoisotopic (exact) mass is 352 g/mol. The van der Waals surface area contributed by atoms with E-state index in [0.29, 0.717) is 16.8 Å². The highest BCUT2D eigenvalue weighted by atomic mass is 19.1. The number of nitriles is 1. The molecule has 1 heterocycles. The van der Waals surface area contributed by atoms with E-state index in [4.69, 9.17) is 9.68 Å². The van der Waals surface area contributed by atoms with Crippen LogP contribution in [0.5, 0.6) is 0 Å². The number of halogens is 1. The van der Waals surface area contributed by atoms with E-state index < -0.39 is 11.6 Å². The summed E-state index contributed by atoms with van der Waals surface area (Å²) >= 11 is 0. The molecule has 0 atom stereocenters. The molecule has 7 nitrogen and oxygen atoms in total. The van der Waals surface area contributed by atoms with Crippen molar-refractivity contribution in [1.82, 2.24) is 9.78 Å². The minimum Gasteiger partial charge on any atom is -0.388 e. The van der Waals surface area contributed by atoms with Gasteiger partial charge in [-0.1, -0.05) is 0 Å². The SMILES string of the molecule is N#Cc1ccc(NC(=O)CCn2nc(-c3ccc(F)cc3)oc2=O)cc1. The number of hydrogen-bond donors (Lipinski definition) is 1.